The number of alkyl halides is 1. The standard InChI is InChI=1S/C15H17ClN4/c1-8(2)6-9-4-3-5-10-12(9)13-14(15(17)18-10)20-11(7-16)19-13/h3-5,8H,6-7H2,1-2H3,(H2,17,18)(H,19,20). The minimum atomic E-state index is 0.335. The molecule has 0 radical (unpaired) electrons. The molecule has 0 saturated carbocycles. The summed E-state index contributed by atoms with van der Waals surface area (Å²) in [6.07, 6.45) is 0.993. The maximum atomic E-state index is 6.00. The highest BCUT2D eigenvalue weighted by Crippen LogP contribution is 2.30. The topological polar surface area (TPSA) is 67.6 Å². The molecular formula is C15H17ClN4. The van der Waals surface area contributed by atoms with E-state index in [1.54, 1.807) is 0 Å². The Labute approximate surface area is 122 Å². The number of hydrogen-bond acceptors (Lipinski definition) is 3. The number of pyridine rings is 1. The van der Waals surface area contributed by atoms with Crippen LogP contribution in [-0.4, -0.2) is 15.0 Å². The molecule has 0 spiro atoms. The molecular weight excluding hydrogens is 272 g/mol. The van der Waals surface area contributed by atoms with Crippen molar-refractivity contribution < 1.29 is 0 Å². The minimum Gasteiger partial charge on any atom is -0.382 e. The number of aromatic amines is 1. The Balaban J connectivity index is 2.39. The number of nitrogen functional groups attached to an aromatic ring is 1. The highest BCUT2D eigenvalue weighted by molar-refractivity contribution is 6.17. The van der Waals surface area contributed by atoms with Crippen LogP contribution < -0.4 is 5.73 Å². The summed E-state index contributed by atoms with van der Waals surface area (Å²) in [5.41, 5.74) is 9.83. The lowest BCUT2D eigenvalue weighted by Gasteiger charge is -2.10. The van der Waals surface area contributed by atoms with Crippen molar-refractivity contribution in [2.24, 2.45) is 5.92 Å². The Kier molecular flexibility index (Phi) is 3.26. The molecule has 2 aromatic heterocycles. The van der Waals surface area contributed by atoms with E-state index in [2.05, 4.69) is 34.9 Å². The molecule has 104 valence electrons. The van der Waals surface area contributed by atoms with Crippen LogP contribution in [0.25, 0.3) is 21.9 Å². The van der Waals surface area contributed by atoms with Crippen LogP contribution in [0.1, 0.15) is 25.2 Å². The van der Waals surface area contributed by atoms with Crippen LogP contribution in [0.5, 0.6) is 0 Å². The van der Waals surface area contributed by atoms with Gasteiger partial charge in [-0.05, 0) is 24.0 Å². The third-order valence-electron chi connectivity index (χ3n) is 3.37. The summed E-state index contributed by atoms with van der Waals surface area (Å²) < 4.78 is 0. The molecule has 2 heterocycles. The van der Waals surface area contributed by atoms with E-state index in [9.17, 15) is 0 Å². The van der Waals surface area contributed by atoms with Gasteiger partial charge in [0.15, 0.2) is 5.82 Å². The van der Waals surface area contributed by atoms with Crippen molar-refractivity contribution in [2.45, 2.75) is 26.1 Å². The quantitative estimate of drug-likeness (QED) is 0.723. The Morgan fingerprint density at radius 2 is 2.10 bits per heavy atom. The smallest absolute Gasteiger partial charge is 0.152 e. The van der Waals surface area contributed by atoms with Crippen molar-refractivity contribution in [3.63, 3.8) is 0 Å². The van der Waals surface area contributed by atoms with Gasteiger partial charge in [-0.3, -0.25) is 0 Å². The average Bonchev–Trinajstić information content (AvgIpc) is 2.83. The van der Waals surface area contributed by atoms with Crippen LogP contribution in [0.3, 0.4) is 0 Å². The fourth-order valence-corrected chi connectivity index (χ4v) is 2.74. The summed E-state index contributed by atoms with van der Waals surface area (Å²) >= 11 is 5.87. The Morgan fingerprint density at radius 3 is 2.80 bits per heavy atom. The second-order valence-corrected chi connectivity index (χ2v) is 5.71. The lowest BCUT2D eigenvalue weighted by Crippen LogP contribution is -1.98. The third-order valence-corrected chi connectivity index (χ3v) is 3.62. The van der Waals surface area contributed by atoms with Crippen molar-refractivity contribution in [2.75, 3.05) is 5.73 Å². The highest BCUT2D eigenvalue weighted by Gasteiger charge is 2.14. The summed E-state index contributed by atoms with van der Waals surface area (Å²) in [5, 5.41) is 1.11. The molecule has 3 rings (SSSR count). The van der Waals surface area contributed by atoms with Crippen molar-refractivity contribution >= 4 is 39.4 Å². The Hall–Kier alpha value is -1.81. The molecule has 3 aromatic rings. The SMILES string of the molecule is CC(C)Cc1cccc2nc(N)c3nc(CCl)[nH]c3c12. The largest absolute Gasteiger partial charge is 0.382 e. The molecule has 0 unspecified atom stereocenters. The summed E-state index contributed by atoms with van der Waals surface area (Å²) in [5.74, 6) is 2.08. The molecule has 3 N–H and O–H groups in total. The fourth-order valence-electron chi connectivity index (χ4n) is 2.61. The monoisotopic (exact) mass is 288 g/mol. The number of aromatic nitrogens is 3. The number of fused-ring (bicyclic) bond motifs is 3. The zero-order chi connectivity index (χ0) is 14.3. The second-order valence-electron chi connectivity index (χ2n) is 5.45. The predicted octanol–water partition coefficient (Wildman–Crippen LogP) is 3.63. The molecule has 0 saturated heterocycles. The van der Waals surface area contributed by atoms with E-state index in [0.29, 0.717) is 23.1 Å². The molecule has 0 aliphatic rings. The van der Waals surface area contributed by atoms with Gasteiger partial charge in [0.1, 0.15) is 11.3 Å². The average molecular weight is 289 g/mol. The van der Waals surface area contributed by atoms with E-state index in [-0.39, 0.29) is 0 Å². The first kappa shape index (κ1) is 13.2. The first-order chi connectivity index (χ1) is 9.60. The fraction of sp³-hybridized carbons (Fsp3) is 0.333. The number of rotatable bonds is 3. The third kappa shape index (κ3) is 2.10. The lowest BCUT2D eigenvalue weighted by molar-refractivity contribution is 0.650. The van der Waals surface area contributed by atoms with Gasteiger partial charge < -0.3 is 10.7 Å². The van der Waals surface area contributed by atoms with Crippen LogP contribution in [0, 0.1) is 5.92 Å². The summed E-state index contributed by atoms with van der Waals surface area (Å²) in [7, 11) is 0. The van der Waals surface area contributed by atoms with Crippen molar-refractivity contribution in [3.05, 3.63) is 29.6 Å². The van der Waals surface area contributed by atoms with Crippen LogP contribution in [0.4, 0.5) is 5.82 Å². The molecule has 0 atom stereocenters. The number of hydrogen-bond donors (Lipinski definition) is 2. The van der Waals surface area contributed by atoms with Gasteiger partial charge in [0.05, 0.1) is 16.9 Å². The summed E-state index contributed by atoms with van der Waals surface area (Å²) in [6.45, 7) is 4.41. The number of halogens is 1. The van der Waals surface area contributed by atoms with Gasteiger partial charge in [-0.25, -0.2) is 9.97 Å². The molecule has 0 aliphatic carbocycles. The number of nitrogens with one attached hydrogen (secondary N) is 1. The first-order valence-corrected chi connectivity index (χ1v) is 7.25. The molecule has 0 fully saturated rings. The molecule has 20 heavy (non-hydrogen) atoms. The van der Waals surface area contributed by atoms with Crippen molar-refractivity contribution in [1.29, 1.82) is 0 Å². The minimum absolute atomic E-state index is 0.335. The van der Waals surface area contributed by atoms with Gasteiger partial charge in [0.2, 0.25) is 0 Å². The number of nitrogens with zero attached hydrogens (tertiary/aromatic N) is 2. The van der Waals surface area contributed by atoms with Gasteiger partial charge in [-0.1, -0.05) is 26.0 Å². The highest BCUT2D eigenvalue weighted by atomic mass is 35.5. The zero-order valence-electron chi connectivity index (χ0n) is 11.6. The second kappa shape index (κ2) is 4.94. The van der Waals surface area contributed by atoms with Gasteiger partial charge >= 0.3 is 0 Å². The Morgan fingerprint density at radius 1 is 1.30 bits per heavy atom. The maximum Gasteiger partial charge on any atom is 0.152 e. The van der Waals surface area contributed by atoms with E-state index in [1.165, 1.54) is 5.56 Å². The Bertz CT molecular complexity index is 776. The van der Waals surface area contributed by atoms with Crippen LogP contribution in [0.2, 0.25) is 0 Å². The number of H-pyrrole nitrogens is 1. The van der Waals surface area contributed by atoms with Crippen molar-refractivity contribution in [1.82, 2.24) is 15.0 Å². The first-order valence-electron chi connectivity index (χ1n) is 6.71. The number of benzene rings is 1. The van der Waals surface area contributed by atoms with Gasteiger partial charge in [-0.2, -0.15) is 0 Å². The zero-order valence-corrected chi connectivity index (χ0v) is 12.3. The van der Waals surface area contributed by atoms with Gasteiger partial charge in [0.25, 0.3) is 0 Å². The summed E-state index contributed by atoms with van der Waals surface area (Å²) in [4.78, 5) is 12.2. The van der Waals surface area contributed by atoms with Crippen LogP contribution >= 0.6 is 11.6 Å². The molecule has 4 nitrogen and oxygen atoms in total. The van der Waals surface area contributed by atoms with Crippen LogP contribution in [-0.2, 0) is 12.3 Å². The van der Waals surface area contributed by atoms with E-state index in [0.717, 1.165) is 28.7 Å². The molecule has 0 amide bonds. The van der Waals surface area contributed by atoms with Gasteiger partial charge in [-0.15, -0.1) is 11.6 Å². The maximum absolute atomic E-state index is 6.00. The molecule has 0 aliphatic heterocycles. The van der Waals surface area contributed by atoms with Gasteiger partial charge in [0, 0.05) is 5.39 Å². The van der Waals surface area contributed by atoms with Crippen molar-refractivity contribution in [3.8, 4) is 0 Å². The van der Waals surface area contributed by atoms with E-state index >= 15 is 0 Å². The van der Waals surface area contributed by atoms with E-state index < -0.39 is 0 Å². The number of imidazole rings is 1. The summed E-state index contributed by atoms with van der Waals surface area (Å²) in [6, 6.07) is 6.15. The number of nitrogens with two attached hydrogens (primary N) is 1. The molecule has 5 heteroatoms. The molecule has 1 aromatic carbocycles. The predicted molar refractivity (Wildman–Crippen MR) is 83.9 cm³/mol. The lowest BCUT2D eigenvalue weighted by atomic mass is 9.98. The van der Waals surface area contributed by atoms with E-state index in [4.69, 9.17) is 17.3 Å². The van der Waals surface area contributed by atoms with Crippen LogP contribution in [0.15, 0.2) is 18.2 Å². The van der Waals surface area contributed by atoms with E-state index in [1.807, 2.05) is 12.1 Å². The molecule has 0 bridgehead atoms. The normalized spacial score (nSPS) is 11.8. The number of anilines is 1.